The molecule has 6 heteroatoms. The Labute approximate surface area is 114 Å². The second-order valence-electron chi connectivity index (χ2n) is 4.89. The van der Waals surface area contributed by atoms with Crippen molar-refractivity contribution in [2.24, 2.45) is 0 Å². The van der Waals surface area contributed by atoms with Gasteiger partial charge >= 0.3 is 0 Å². The summed E-state index contributed by atoms with van der Waals surface area (Å²) < 4.78 is 5.49. The fourth-order valence-electron chi connectivity index (χ4n) is 1.59. The van der Waals surface area contributed by atoms with Gasteiger partial charge in [0.25, 0.3) is 0 Å². The van der Waals surface area contributed by atoms with Crippen LogP contribution in [0.5, 0.6) is 5.88 Å². The zero-order chi connectivity index (χ0) is 14.5. The normalized spacial score (nSPS) is 11.7. The Kier molecular flexibility index (Phi) is 5.35. The first-order valence-corrected chi connectivity index (χ1v) is 6.65. The molecular weight excluding hydrogens is 244 g/mol. The first kappa shape index (κ1) is 15.5. The van der Waals surface area contributed by atoms with Crippen LogP contribution < -0.4 is 15.8 Å². The van der Waals surface area contributed by atoms with E-state index >= 15 is 0 Å². The zero-order valence-corrected chi connectivity index (χ0v) is 12.1. The van der Waals surface area contributed by atoms with Gasteiger partial charge in [-0.15, -0.1) is 0 Å². The standard InChI is InChI=1S/C13H24N4O2/c1-5-13(18,6-2)7-15-11-10(14)12(17-8-16-11)19-9(3)4/h8-9,18H,5-7,14H2,1-4H3,(H,15,16,17). The fraction of sp³-hybridized carbons (Fsp3) is 0.692. The van der Waals surface area contributed by atoms with E-state index in [4.69, 9.17) is 10.5 Å². The van der Waals surface area contributed by atoms with Crippen molar-refractivity contribution in [3.05, 3.63) is 6.33 Å². The minimum Gasteiger partial charge on any atom is -0.473 e. The molecule has 4 N–H and O–H groups in total. The summed E-state index contributed by atoms with van der Waals surface area (Å²) in [5, 5.41) is 13.3. The van der Waals surface area contributed by atoms with Crippen molar-refractivity contribution >= 4 is 11.5 Å². The maximum absolute atomic E-state index is 10.2. The Morgan fingerprint density at radius 2 is 2.00 bits per heavy atom. The Bertz CT molecular complexity index is 406. The fourth-order valence-corrected chi connectivity index (χ4v) is 1.59. The molecule has 0 saturated carbocycles. The van der Waals surface area contributed by atoms with Gasteiger partial charge in [0.1, 0.15) is 12.0 Å². The van der Waals surface area contributed by atoms with Gasteiger partial charge in [-0.05, 0) is 26.7 Å². The van der Waals surface area contributed by atoms with Crippen LogP contribution in [0.25, 0.3) is 0 Å². The van der Waals surface area contributed by atoms with E-state index in [0.717, 1.165) is 0 Å². The topological polar surface area (TPSA) is 93.3 Å². The molecule has 108 valence electrons. The number of aliphatic hydroxyl groups is 1. The summed E-state index contributed by atoms with van der Waals surface area (Å²) in [5.41, 5.74) is 5.56. The monoisotopic (exact) mass is 268 g/mol. The van der Waals surface area contributed by atoms with E-state index in [-0.39, 0.29) is 6.10 Å². The van der Waals surface area contributed by atoms with Gasteiger partial charge in [0.2, 0.25) is 5.88 Å². The predicted molar refractivity (Wildman–Crippen MR) is 76.2 cm³/mol. The second-order valence-corrected chi connectivity index (χ2v) is 4.89. The average molecular weight is 268 g/mol. The Balaban J connectivity index is 2.79. The number of hydrogen-bond acceptors (Lipinski definition) is 6. The molecule has 0 bridgehead atoms. The number of anilines is 2. The molecule has 0 aliphatic carbocycles. The summed E-state index contributed by atoms with van der Waals surface area (Å²) in [6, 6.07) is 0. The third-order valence-electron chi connectivity index (χ3n) is 3.10. The molecule has 0 spiro atoms. The minimum atomic E-state index is -0.754. The molecule has 0 amide bonds. The molecule has 1 heterocycles. The quantitative estimate of drug-likeness (QED) is 0.698. The number of nitrogen functional groups attached to an aromatic ring is 1. The molecule has 0 atom stereocenters. The SMILES string of the molecule is CCC(O)(CC)CNc1ncnc(OC(C)C)c1N. The molecule has 1 aromatic heterocycles. The third kappa shape index (κ3) is 4.24. The third-order valence-corrected chi connectivity index (χ3v) is 3.10. The Morgan fingerprint density at radius 3 is 2.53 bits per heavy atom. The zero-order valence-electron chi connectivity index (χ0n) is 12.1. The molecule has 0 saturated heterocycles. The van der Waals surface area contributed by atoms with Crippen LogP contribution in [0.15, 0.2) is 6.33 Å². The van der Waals surface area contributed by atoms with E-state index < -0.39 is 5.60 Å². The van der Waals surface area contributed by atoms with Crippen LogP contribution in [0.2, 0.25) is 0 Å². The average Bonchev–Trinajstić information content (AvgIpc) is 2.39. The van der Waals surface area contributed by atoms with Gasteiger partial charge in [-0.25, -0.2) is 4.98 Å². The van der Waals surface area contributed by atoms with Crippen LogP contribution in [0, 0.1) is 0 Å². The van der Waals surface area contributed by atoms with Crippen molar-refractivity contribution in [1.29, 1.82) is 0 Å². The Hall–Kier alpha value is -1.56. The van der Waals surface area contributed by atoms with Crippen molar-refractivity contribution in [3.8, 4) is 5.88 Å². The van der Waals surface area contributed by atoms with E-state index in [1.807, 2.05) is 27.7 Å². The van der Waals surface area contributed by atoms with Crippen LogP contribution in [0.3, 0.4) is 0 Å². The number of nitrogens with two attached hydrogens (primary N) is 1. The highest BCUT2D eigenvalue weighted by atomic mass is 16.5. The highest BCUT2D eigenvalue weighted by Crippen LogP contribution is 2.26. The summed E-state index contributed by atoms with van der Waals surface area (Å²) in [7, 11) is 0. The van der Waals surface area contributed by atoms with Gasteiger partial charge < -0.3 is 20.9 Å². The molecule has 6 nitrogen and oxygen atoms in total. The smallest absolute Gasteiger partial charge is 0.242 e. The van der Waals surface area contributed by atoms with Crippen LogP contribution in [0.4, 0.5) is 11.5 Å². The first-order chi connectivity index (χ1) is 8.91. The van der Waals surface area contributed by atoms with E-state index in [0.29, 0.717) is 36.8 Å². The predicted octanol–water partition coefficient (Wildman–Crippen LogP) is 1.81. The number of ether oxygens (including phenoxy) is 1. The van der Waals surface area contributed by atoms with Crippen LogP contribution in [-0.4, -0.2) is 33.3 Å². The lowest BCUT2D eigenvalue weighted by Gasteiger charge is -2.26. The van der Waals surface area contributed by atoms with Crippen LogP contribution in [-0.2, 0) is 0 Å². The Morgan fingerprint density at radius 1 is 1.37 bits per heavy atom. The second kappa shape index (κ2) is 6.56. The summed E-state index contributed by atoms with van der Waals surface area (Å²) in [6.45, 7) is 8.09. The lowest BCUT2D eigenvalue weighted by atomic mass is 9.98. The van der Waals surface area contributed by atoms with E-state index in [9.17, 15) is 5.11 Å². The maximum Gasteiger partial charge on any atom is 0.242 e. The number of nitrogens with one attached hydrogen (secondary N) is 1. The number of nitrogens with zero attached hydrogens (tertiary/aromatic N) is 2. The van der Waals surface area contributed by atoms with Crippen molar-refractivity contribution < 1.29 is 9.84 Å². The summed E-state index contributed by atoms with van der Waals surface area (Å²) in [6.07, 6.45) is 2.72. The molecule has 0 aliphatic heterocycles. The molecule has 0 radical (unpaired) electrons. The van der Waals surface area contributed by atoms with Crippen molar-refractivity contribution in [2.75, 3.05) is 17.6 Å². The van der Waals surface area contributed by atoms with Gasteiger partial charge in [-0.3, -0.25) is 0 Å². The first-order valence-electron chi connectivity index (χ1n) is 6.65. The van der Waals surface area contributed by atoms with Crippen LogP contribution >= 0.6 is 0 Å². The molecule has 1 aromatic rings. The van der Waals surface area contributed by atoms with Gasteiger partial charge in [-0.2, -0.15) is 4.98 Å². The highest BCUT2D eigenvalue weighted by Gasteiger charge is 2.22. The number of rotatable bonds is 7. The van der Waals surface area contributed by atoms with Crippen molar-refractivity contribution in [2.45, 2.75) is 52.2 Å². The molecule has 0 aliphatic rings. The maximum atomic E-state index is 10.2. The van der Waals surface area contributed by atoms with Gasteiger partial charge in [0.05, 0.1) is 11.7 Å². The number of aromatic nitrogens is 2. The lowest BCUT2D eigenvalue weighted by Crippen LogP contribution is -2.35. The molecular formula is C13H24N4O2. The molecule has 1 rings (SSSR count). The van der Waals surface area contributed by atoms with E-state index in [1.165, 1.54) is 6.33 Å². The van der Waals surface area contributed by atoms with Crippen LogP contribution in [0.1, 0.15) is 40.5 Å². The van der Waals surface area contributed by atoms with Gasteiger partial charge in [0.15, 0.2) is 5.82 Å². The van der Waals surface area contributed by atoms with Gasteiger partial charge in [0, 0.05) is 6.54 Å². The summed E-state index contributed by atoms with van der Waals surface area (Å²) >= 11 is 0. The van der Waals surface area contributed by atoms with Crippen molar-refractivity contribution in [3.63, 3.8) is 0 Å². The van der Waals surface area contributed by atoms with E-state index in [1.54, 1.807) is 0 Å². The largest absolute Gasteiger partial charge is 0.473 e. The lowest BCUT2D eigenvalue weighted by molar-refractivity contribution is 0.0456. The molecule has 0 unspecified atom stereocenters. The molecule has 0 aromatic carbocycles. The van der Waals surface area contributed by atoms with Crippen molar-refractivity contribution in [1.82, 2.24) is 9.97 Å². The van der Waals surface area contributed by atoms with Gasteiger partial charge in [-0.1, -0.05) is 13.8 Å². The minimum absolute atomic E-state index is 0.00624. The highest BCUT2D eigenvalue weighted by molar-refractivity contribution is 5.66. The molecule has 0 fully saturated rings. The summed E-state index contributed by atoms with van der Waals surface area (Å²) in [5.74, 6) is 0.856. The summed E-state index contributed by atoms with van der Waals surface area (Å²) in [4.78, 5) is 8.08. The number of hydrogen-bond donors (Lipinski definition) is 3. The molecule has 19 heavy (non-hydrogen) atoms. The van der Waals surface area contributed by atoms with E-state index in [2.05, 4.69) is 15.3 Å².